The zero-order valence-electron chi connectivity index (χ0n) is 15.0. The van der Waals surface area contributed by atoms with Crippen LogP contribution in [0.15, 0.2) is 18.2 Å². The van der Waals surface area contributed by atoms with E-state index in [1.165, 1.54) is 6.07 Å². The third kappa shape index (κ3) is 2.92. The number of hydrogen-bond donors (Lipinski definition) is 5. The number of hydrogen-bond acceptors (Lipinski definition) is 11. The molecule has 30 heavy (non-hydrogen) atoms. The van der Waals surface area contributed by atoms with E-state index in [9.17, 15) is 39.9 Å². The number of aromatic hydroxyl groups is 4. The molecule has 11 heteroatoms. The van der Waals surface area contributed by atoms with Gasteiger partial charge in [-0.15, -0.1) is 0 Å². The minimum atomic E-state index is -1.89. The number of carbonyl (C=O) groups excluding carboxylic acids is 3. The minimum Gasteiger partial charge on any atom is -0.504 e. The molecule has 0 spiro atoms. The first-order valence-electron chi connectivity index (χ1n) is 8.63. The monoisotopic (exact) mass is 418 g/mol. The molecule has 2 heterocycles. The lowest BCUT2D eigenvalue weighted by Crippen LogP contribution is -2.36. The summed E-state index contributed by atoms with van der Waals surface area (Å²) in [4.78, 5) is 36.6. The number of aliphatic hydroxyl groups excluding tert-OH is 1. The van der Waals surface area contributed by atoms with E-state index < -0.39 is 88.6 Å². The van der Waals surface area contributed by atoms with Crippen molar-refractivity contribution in [1.29, 1.82) is 0 Å². The van der Waals surface area contributed by atoms with Crippen molar-refractivity contribution in [3.63, 3.8) is 0 Å². The summed E-state index contributed by atoms with van der Waals surface area (Å²) >= 11 is 0. The van der Waals surface area contributed by atoms with E-state index in [1.54, 1.807) is 0 Å². The van der Waals surface area contributed by atoms with Crippen molar-refractivity contribution < 1.29 is 54.1 Å². The van der Waals surface area contributed by atoms with Crippen molar-refractivity contribution in [2.45, 2.75) is 25.0 Å². The standard InChI is InChI=1S/C19H14O11/c20-7-2-1-6(5-8(7)21)16-14(26)12(24)11-13(25)18-15(27)19(17(11)30-16)29-10(23)4-3-9(22)28-18/h1-2,5,14,16,20-21,25-27H,3-4H2. The topological polar surface area (TPSA) is 180 Å². The van der Waals surface area contributed by atoms with Gasteiger partial charge in [-0.1, -0.05) is 6.07 Å². The first kappa shape index (κ1) is 19.3. The average Bonchev–Trinajstić information content (AvgIpc) is 2.74. The number of ketones is 1. The summed E-state index contributed by atoms with van der Waals surface area (Å²) in [6.45, 7) is 0. The Bertz CT molecular complexity index is 1100. The van der Waals surface area contributed by atoms with Crippen LogP contribution in [-0.2, 0) is 9.59 Å². The Labute approximate surface area is 167 Å². The lowest BCUT2D eigenvalue weighted by Gasteiger charge is -2.31. The minimum absolute atomic E-state index is 0.0628. The summed E-state index contributed by atoms with van der Waals surface area (Å²) in [5.41, 5.74) is -0.597. The molecule has 0 radical (unpaired) electrons. The number of aliphatic hydroxyl groups is 1. The Morgan fingerprint density at radius 2 is 1.43 bits per heavy atom. The van der Waals surface area contributed by atoms with Crippen molar-refractivity contribution in [2.75, 3.05) is 0 Å². The molecule has 156 valence electrons. The fourth-order valence-electron chi connectivity index (χ4n) is 3.17. The smallest absolute Gasteiger partial charge is 0.312 e. The summed E-state index contributed by atoms with van der Waals surface area (Å²) in [6.07, 6.45) is -4.16. The summed E-state index contributed by atoms with van der Waals surface area (Å²) < 4.78 is 15.5. The summed E-state index contributed by atoms with van der Waals surface area (Å²) in [5.74, 6) is -7.97. The predicted molar refractivity (Wildman–Crippen MR) is 93.8 cm³/mol. The summed E-state index contributed by atoms with van der Waals surface area (Å²) in [5, 5.41) is 50.4. The highest BCUT2D eigenvalue weighted by molar-refractivity contribution is 6.08. The van der Waals surface area contributed by atoms with Crippen LogP contribution >= 0.6 is 0 Å². The zero-order valence-corrected chi connectivity index (χ0v) is 15.0. The third-order valence-electron chi connectivity index (χ3n) is 4.65. The number of fused-ring (bicyclic) bond motifs is 4. The van der Waals surface area contributed by atoms with E-state index in [1.807, 2.05) is 0 Å². The molecule has 4 rings (SSSR count). The third-order valence-corrected chi connectivity index (χ3v) is 4.65. The van der Waals surface area contributed by atoms with Gasteiger partial charge in [-0.05, 0) is 17.7 Å². The van der Waals surface area contributed by atoms with Crippen LogP contribution in [0, 0.1) is 0 Å². The molecule has 0 saturated heterocycles. The molecule has 2 unspecified atom stereocenters. The second kappa shape index (κ2) is 6.81. The van der Waals surface area contributed by atoms with Gasteiger partial charge >= 0.3 is 11.9 Å². The van der Waals surface area contributed by atoms with Gasteiger partial charge in [0.15, 0.2) is 35.2 Å². The Balaban J connectivity index is 1.91. The molecular weight excluding hydrogens is 404 g/mol. The average molecular weight is 418 g/mol. The maximum absolute atomic E-state index is 12.8. The Kier molecular flexibility index (Phi) is 4.39. The highest BCUT2D eigenvalue weighted by atomic mass is 16.6. The number of carbonyl (C=O) groups is 3. The number of phenols is 4. The van der Waals surface area contributed by atoms with Crippen LogP contribution in [0.1, 0.15) is 34.9 Å². The maximum atomic E-state index is 12.8. The van der Waals surface area contributed by atoms with Crippen LogP contribution in [0.5, 0.6) is 40.2 Å². The van der Waals surface area contributed by atoms with Crippen molar-refractivity contribution in [3.05, 3.63) is 29.3 Å². The second-order valence-electron chi connectivity index (χ2n) is 6.60. The molecule has 11 nitrogen and oxygen atoms in total. The lowest BCUT2D eigenvalue weighted by molar-refractivity contribution is -0.140. The first-order valence-corrected chi connectivity index (χ1v) is 8.63. The number of phenolic OH excluding ortho intramolecular Hbond substituents is 4. The Morgan fingerprint density at radius 3 is 2.07 bits per heavy atom. The van der Waals surface area contributed by atoms with Crippen molar-refractivity contribution in [3.8, 4) is 40.2 Å². The van der Waals surface area contributed by atoms with Crippen molar-refractivity contribution >= 4 is 17.7 Å². The van der Waals surface area contributed by atoms with Gasteiger partial charge in [0, 0.05) is 0 Å². The number of esters is 2. The van der Waals surface area contributed by atoms with Gasteiger partial charge in [-0.2, -0.15) is 0 Å². The normalized spacial score (nSPS) is 20.8. The van der Waals surface area contributed by atoms with E-state index in [-0.39, 0.29) is 5.56 Å². The van der Waals surface area contributed by atoms with Gasteiger partial charge in [0.1, 0.15) is 5.56 Å². The second-order valence-corrected chi connectivity index (χ2v) is 6.60. The quantitative estimate of drug-likeness (QED) is 0.251. The summed E-state index contributed by atoms with van der Waals surface area (Å²) in [7, 11) is 0. The van der Waals surface area contributed by atoms with E-state index in [0.29, 0.717) is 0 Å². The van der Waals surface area contributed by atoms with Gasteiger partial charge in [0.2, 0.25) is 23.0 Å². The molecule has 0 fully saturated rings. The van der Waals surface area contributed by atoms with Crippen LogP contribution in [0.25, 0.3) is 0 Å². The van der Waals surface area contributed by atoms with Crippen LogP contribution in [-0.4, -0.2) is 49.4 Å². The molecule has 2 aliphatic heterocycles. The highest BCUT2D eigenvalue weighted by Crippen LogP contribution is 2.56. The van der Waals surface area contributed by atoms with Gasteiger partial charge in [0.25, 0.3) is 0 Å². The molecule has 2 aromatic carbocycles. The van der Waals surface area contributed by atoms with Crippen LogP contribution in [0.3, 0.4) is 0 Å². The van der Waals surface area contributed by atoms with Crippen LogP contribution in [0.2, 0.25) is 0 Å². The van der Waals surface area contributed by atoms with Gasteiger partial charge in [-0.3, -0.25) is 14.4 Å². The highest BCUT2D eigenvalue weighted by Gasteiger charge is 2.44. The molecule has 0 amide bonds. The molecule has 0 aliphatic carbocycles. The molecule has 2 aliphatic rings. The van der Waals surface area contributed by atoms with Crippen molar-refractivity contribution in [2.24, 2.45) is 0 Å². The van der Waals surface area contributed by atoms with E-state index in [0.717, 1.165) is 12.1 Å². The largest absolute Gasteiger partial charge is 0.504 e. The number of ether oxygens (including phenoxy) is 3. The molecule has 0 aromatic heterocycles. The van der Waals surface area contributed by atoms with Gasteiger partial charge < -0.3 is 39.7 Å². The fraction of sp³-hybridized carbons (Fsp3) is 0.211. The number of benzene rings is 2. The fourth-order valence-corrected chi connectivity index (χ4v) is 3.17. The van der Waals surface area contributed by atoms with E-state index >= 15 is 0 Å². The van der Waals surface area contributed by atoms with E-state index in [2.05, 4.69) is 0 Å². The maximum Gasteiger partial charge on any atom is 0.312 e. The van der Waals surface area contributed by atoms with Crippen molar-refractivity contribution in [1.82, 2.24) is 0 Å². The zero-order chi connectivity index (χ0) is 21.7. The van der Waals surface area contributed by atoms with E-state index in [4.69, 9.17) is 14.2 Å². The Morgan fingerprint density at radius 1 is 0.800 bits per heavy atom. The Hall–Kier alpha value is -3.99. The molecule has 2 aromatic rings. The number of rotatable bonds is 1. The molecule has 2 bridgehead atoms. The van der Waals surface area contributed by atoms with Crippen LogP contribution in [0.4, 0.5) is 0 Å². The molecule has 2 atom stereocenters. The molecular formula is C19H14O11. The van der Waals surface area contributed by atoms with Gasteiger partial charge in [-0.25, -0.2) is 0 Å². The van der Waals surface area contributed by atoms with Gasteiger partial charge in [0.05, 0.1) is 12.8 Å². The molecule has 5 N–H and O–H groups in total. The molecule has 0 saturated carbocycles. The lowest BCUT2D eigenvalue weighted by atomic mass is 9.92. The number of Topliss-reactive ketones (excluding diaryl/α,β-unsaturated/α-hetero) is 1. The SMILES string of the molecule is O=C1CCC(=O)Oc2c(O)c(c(O)c3c2OC(c2ccc(O)c(O)c2)C(O)C3=O)O1. The predicted octanol–water partition coefficient (Wildman–Crippen LogP) is 0.791. The first-order chi connectivity index (χ1) is 14.2. The summed E-state index contributed by atoms with van der Waals surface area (Å²) in [6, 6.07) is 3.40. The van der Waals surface area contributed by atoms with Crippen LogP contribution < -0.4 is 14.2 Å².